The average Bonchev–Trinajstić information content (AvgIpc) is 2.01. The van der Waals surface area contributed by atoms with Crippen LogP contribution in [-0.4, -0.2) is 5.99 Å². The largest absolute Gasteiger partial charge is 0.215 e. The predicted molar refractivity (Wildman–Crippen MR) is 58.4 cm³/mol. The first-order valence-electron chi connectivity index (χ1n) is 4.61. The van der Waals surface area contributed by atoms with Crippen LogP contribution < -0.4 is 0 Å². The first kappa shape index (κ1) is 11.2. The Morgan fingerprint density at radius 3 is 2.45 bits per heavy atom. The maximum absolute atomic E-state index is 3.75. The van der Waals surface area contributed by atoms with Crippen molar-refractivity contribution in [3.05, 3.63) is 12.0 Å². The monoisotopic (exact) mass is 170 g/mol. The molecule has 2 heteroatoms. The zero-order valence-corrected chi connectivity index (χ0v) is 8.62. The smallest absolute Gasteiger partial charge is 0.184 e. The summed E-state index contributed by atoms with van der Waals surface area (Å²) in [6.07, 6.45) is 6.69. The van der Waals surface area contributed by atoms with E-state index in [1.165, 1.54) is 31.9 Å². The van der Waals surface area contributed by atoms with Crippen LogP contribution >= 0.6 is 11.6 Å². The quantitative estimate of drug-likeness (QED) is 0.519. The van der Waals surface area contributed by atoms with Gasteiger partial charge in [0.1, 0.15) is 0 Å². The van der Waals surface area contributed by atoms with Gasteiger partial charge in [-0.15, -0.1) is 0 Å². The van der Waals surface area contributed by atoms with E-state index in [2.05, 4.69) is 20.4 Å². The van der Waals surface area contributed by atoms with Crippen molar-refractivity contribution in [3.63, 3.8) is 0 Å². The topological polar surface area (TPSA) is 0 Å². The predicted octanol–water partition coefficient (Wildman–Crippen LogP) is 4.06. The first-order valence-corrected chi connectivity index (χ1v) is 5.55. The molecule has 0 aromatic carbocycles. The Morgan fingerprint density at radius 2 is 2.00 bits per heavy atom. The molecule has 0 unspecified atom stereocenters. The van der Waals surface area contributed by atoms with Crippen LogP contribution in [0.2, 0.25) is 12.6 Å². The summed E-state index contributed by atoms with van der Waals surface area (Å²) in [5.74, 6) is 0.831. The highest BCUT2D eigenvalue weighted by atomic mass is 32.2. The molecule has 0 atom stereocenters. The minimum Gasteiger partial charge on any atom is -0.184 e. The number of rotatable bonds is 7. The standard InChI is InChI=1S/C9H19BS/c1-4-7-9-10(8-5-2)11-6-3/h6H,3-5,7-9H2,1-2H3. The van der Waals surface area contributed by atoms with Gasteiger partial charge in [0.15, 0.2) is 0 Å². The molecular weight excluding hydrogens is 151 g/mol. The zero-order chi connectivity index (χ0) is 8.53. The molecule has 0 aliphatic heterocycles. The molecular formula is C9H19BS. The number of hydrogen-bond donors (Lipinski definition) is 0. The van der Waals surface area contributed by atoms with Gasteiger partial charge in [-0.25, -0.2) is 0 Å². The van der Waals surface area contributed by atoms with Crippen molar-refractivity contribution in [2.45, 2.75) is 45.8 Å². The number of unbranched alkanes of at least 4 members (excludes halogenated alkanes) is 1. The summed E-state index contributed by atoms with van der Waals surface area (Å²) in [5, 5.41) is 1.98. The molecule has 0 amide bonds. The molecule has 0 N–H and O–H groups in total. The van der Waals surface area contributed by atoms with Crippen LogP contribution in [0.25, 0.3) is 0 Å². The molecule has 0 fully saturated rings. The van der Waals surface area contributed by atoms with E-state index in [0.717, 1.165) is 5.99 Å². The lowest BCUT2D eigenvalue weighted by Crippen LogP contribution is -2.04. The minimum atomic E-state index is 0.831. The summed E-state index contributed by atoms with van der Waals surface area (Å²) in [4.78, 5) is 0. The van der Waals surface area contributed by atoms with Gasteiger partial charge in [-0.05, 0) is 5.41 Å². The van der Waals surface area contributed by atoms with E-state index in [-0.39, 0.29) is 0 Å². The highest BCUT2D eigenvalue weighted by molar-refractivity contribution is 8.27. The Balaban J connectivity index is 3.41. The van der Waals surface area contributed by atoms with Gasteiger partial charge in [0, 0.05) is 0 Å². The Hall–Kier alpha value is 0.155. The molecule has 0 radical (unpaired) electrons. The van der Waals surface area contributed by atoms with Gasteiger partial charge < -0.3 is 0 Å². The molecule has 0 spiro atoms. The van der Waals surface area contributed by atoms with Crippen molar-refractivity contribution in [2.75, 3.05) is 0 Å². The summed E-state index contributed by atoms with van der Waals surface area (Å²) in [5.41, 5.74) is 0. The average molecular weight is 170 g/mol. The van der Waals surface area contributed by atoms with E-state index >= 15 is 0 Å². The lowest BCUT2D eigenvalue weighted by atomic mass is 9.66. The molecule has 0 bridgehead atoms. The first-order chi connectivity index (χ1) is 5.35. The molecule has 0 aromatic rings. The molecule has 0 saturated heterocycles. The van der Waals surface area contributed by atoms with E-state index in [9.17, 15) is 0 Å². The lowest BCUT2D eigenvalue weighted by molar-refractivity contribution is 0.872. The molecule has 0 aliphatic rings. The van der Waals surface area contributed by atoms with Crippen molar-refractivity contribution < 1.29 is 0 Å². The Kier molecular flexibility index (Phi) is 8.37. The molecule has 0 saturated carbocycles. The second-order valence-corrected chi connectivity index (χ2v) is 4.13. The third-order valence-corrected chi connectivity index (χ3v) is 2.83. The summed E-state index contributed by atoms with van der Waals surface area (Å²) in [6.45, 7) is 8.26. The van der Waals surface area contributed by atoms with Crippen molar-refractivity contribution in [1.29, 1.82) is 0 Å². The van der Waals surface area contributed by atoms with Crippen LogP contribution in [0.4, 0.5) is 0 Å². The molecule has 0 aromatic heterocycles. The summed E-state index contributed by atoms with van der Waals surface area (Å²) < 4.78 is 0. The highest BCUT2D eigenvalue weighted by Gasteiger charge is 2.09. The Morgan fingerprint density at radius 1 is 1.27 bits per heavy atom. The second kappa shape index (κ2) is 8.25. The van der Waals surface area contributed by atoms with Crippen LogP contribution in [-0.2, 0) is 0 Å². The Labute approximate surface area is 75.8 Å². The fraction of sp³-hybridized carbons (Fsp3) is 0.778. The highest BCUT2D eigenvalue weighted by Crippen LogP contribution is 2.19. The van der Waals surface area contributed by atoms with Gasteiger partial charge in [0.05, 0.1) is 0 Å². The Bertz CT molecular complexity index is 93.6. The molecule has 0 rings (SSSR count). The van der Waals surface area contributed by atoms with Crippen LogP contribution in [0.1, 0.15) is 33.1 Å². The van der Waals surface area contributed by atoms with Crippen molar-refractivity contribution in [1.82, 2.24) is 0 Å². The van der Waals surface area contributed by atoms with Gasteiger partial charge in [0.25, 0.3) is 0 Å². The van der Waals surface area contributed by atoms with Crippen LogP contribution in [0.15, 0.2) is 12.0 Å². The van der Waals surface area contributed by atoms with Crippen molar-refractivity contribution in [2.24, 2.45) is 0 Å². The molecule has 11 heavy (non-hydrogen) atoms. The van der Waals surface area contributed by atoms with E-state index in [0.29, 0.717) is 0 Å². The van der Waals surface area contributed by atoms with E-state index in [4.69, 9.17) is 0 Å². The normalized spacial score (nSPS) is 9.64. The minimum absolute atomic E-state index is 0.831. The fourth-order valence-corrected chi connectivity index (χ4v) is 2.12. The van der Waals surface area contributed by atoms with E-state index in [1.54, 1.807) is 0 Å². The van der Waals surface area contributed by atoms with Crippen LogP contribution in [0.3, 0.4) is 0 Å². The van der Waals surface area contributed by atoms with Gasteiger partial charge in [-0.1, -0.05) is 52.3 Å². The molecule has 0 aliphatic carbocycles. The third kappa shape index (κ3) is 6.55. The summed E-state index contributed by atoms with van der Waals surface area (Å²) in [6, 6.07) is 0. The van der Waals surface area contributed by atoms with E-state index in [1.807, 2.05) is 17.0 Å². The summed E-state index contributed by atoms with van der Waals surface area (Å²) >= 11 is 1.90. The molecule has 0 heterocycles. The van der Waals surface area contributed by atoms with Gasteiger partial charge >= 0.3 is 0 Å². The molecule has 64 valence electrons. The van der Waals surface area contributed by atoms with Gasteiger partial charge in [0.2, 0.25) is 5.99 Å². The second-order valence-electron chi connectivity index (χ2n) is 2.86. The third-order valence-electron chi connectivity index (χ3n) is 1.78. The SMILES string of the molecule is C=CSB(CCC)CCCC. The number of hydrogen-bond acceptors (Lipinski definition) is 1. The van der Waals surface area contributed by atoms with Gasteiger partial charge in [-0.3, -0.25) is 0 Å². The van der Waals surface area contributed by atoms with Crippen molar-refractivity contribution in [3.8, 4) is 0 Å². The van der Waals surface area contributed by atoms with E-state index < -0.39 is 0 Å². The van der Waals surface area contributed by atoms with Crippen LogP contribution in [0.5, 0.6) is 0 Å². The lowest BCUT2D eigenvalue weighted by Gasteiger charge is -2.07. The fourth-order valence-electron chi connectivity index (χ4n) is 1.17. The summed E-state index contributed by atoms with van der Waals surface area (Å²) in [7, 11) is 0. The zero-order valence-electron chi connectivity index (χ0n) is 7.81. The molecule has 0 nitrogen and oxygen atoms in total. The van der Waals surface area contributed by atoms with Crippen molar-refractivity contribution >= 4 is 17.6 Å². The van der Waals surface area contributed by atoms with Gasteiger partial charge in [-0.2, -0.15) is 11.6 Å². The maximum Gasteiger partial charge on any atom is 0.215 e. The maximum atomic E-state index is 3.75. The van der Waals surface area contributed by atoms with Crippen LogP contribution in [0, 0.1) is 0 Å².